The number of nitrogens with one attached hydrogen (secondary N) is 1. The van der Waals surface area contributed by atoms with E-state index in [9.17, 15) is 24.6 Å². The second-order valence-electron chi connectivity index (χ2n) is 7.45. The Morgan fingerprint density at radius 3 is 2.42 bits per heavy atom. The van der Waals surface area contributed by atoms with Crippen molar-refractivity contribution in [1.29, 1.82) is 0 Å². The molecule has 3 rings (SSSR count). The number of ether oxygens (including phenoxy) is 1. The highest BCUT2D eigenvalue weighted by atomic mass is 16.5. The zero-order chi connectivity index (χ0) is 24.0. The first kappa shape index (κ1) is 23.5. The number of benzene rings is 2. The summed E-state index contributed by atoms with van der Waals surface area (Å²) in [6, 6.07) is 11.0. The summed E-state index contributed by atoms with van der Waals surface area (Å²) in [6.07, 6.45) is 0.0989. The summed E-state index contributed by atoms with van der Waals surface area (Å²) in [4.78, 5) is 36.3. The highest BCUT2D eigenvalue weighted by molar-refractivity contribution is 5.94. The average Bonchev–Trinajstić information content (AvgIpc) is 3.21. The predicted molar refractivity (Wildman–Crippen MR) is 119 cm³/mol. The number of phenolic OH excluding ortho intramolecular Hbond substituents is 1. The number of carbonyl (C=O) groups is 3. The molecule has 10 heteroatoms. The third kappa shape index (κ3) is 6.16. The molecule has 3 N–H and O–H groups in total. The second-order valence-corrected chi connectivity index (χ2v) is 7.45. The van der Waals surface area contributed by atoms with Crippen molar-refractivity contribution in [2.75, 3.05) is 6.61 Å². The Kier molecular flexibility index (Phi) is 7.39. The van der Waals surface area contributed by atoms with E-state index in [-0.39, 0.29) is 30.8 Å². The molecule has 10 nitrogen and oxygen atoms in total. The number of rotatable bonds is 10. The van der Waals surface area contributed by atoms with Gasteiger partial charge in [-0.05, 0) is 43.2 Å². The summed E-state index contributed by atoms with van der Waals surface area (Å²) in [6.45, 7) is 4.98. The molecule has 0 aliphatic heterocycles. The van der Waals surface area contributed by atoms with Crippen LogP contribution in [0.15, 0.2) is 54.6 Å². The molecule has 0 bridgehead atoms. The SMILES string of the molecule is C=C(C)C(=O)N[C@@H](CCC(=O)OCCc1ccc(O)c(-n2nc3ccccc3n2)c1)C(=O)O. The molecule has 172 valence electrons. The van der Waals surface area contributed by atoms with E-state index in [1.54, 1.807) is 12.1 Å². The molecule has 0 unspecified atom stereocenters. The van der Waals surface area contributed by atoms with Crippen LogP contribution >= 0.6 is 0 Å². The van der Waals surface area contributed by atoms with E-state index >= 15 is 0 Å². The maximum absolute atomic E-state index is 12.0. The van der Waals surface area contributed by atoms with Crippen molar-refractivity contribution in [2.24, 2.45) is 0 Å². The van der Waals surface area contributed by atoms with Crippen molar-refractivity contribution >= 4 is 28.9 Å². The first-order valence-electron chi connectivity index (χ1n) is 10.2. The number of phenols is 1. The van der Waals surface area contributed by atoms with Crippen molar-refractivity contribution in [3.05, 3.63) is 60.2 Å². The lowest BCUT2D eigenvalue weighted by molar-refractivity contribution is -0.145. The Bertz CT molecular complexity index is 1170. The maximum Gasteiger partial charge on any atom is 0.326 e. The van der Waals surface area contributed by atoms with Crippen molar-refractivity contribution < 1.29 is 29.3 Å². The summed E-state index contributed by atoms with van der Waals surface area (Å²) in [5.74, 6) is -2.40. The summed E-state index contributed by atoms with van der Waals surface area (Å²) in [7, 11) is 0. The monoisotopic (exact) mass is 452 g/mol. The molecule has 0 radical (unpaired) electrons. The first-order chi connectivity index (χ1) is 15.7. The number of carboxylic acids is 1. The summed E-state index contributed by atoms with van der Waals surface area (Å²) in [5.41, 5.74) is 2.74. The smallest absolute Gasteiger partial charge is 0.326 e. The van der Waals surface area contributed by atoms with Gasteiger partial charge in [-0.15, -0.1) is 15.0 Å². The third-order valence-electron chi connectivity index (χ3n) is 4.82. The minimum atomic E-state index is -1.24. The van der Waals surface area contributed by atoms with Crippen LogP contribution in [0.3, 0.4) is 0 Å². The van der Waals surface area contributed by atoms with Gasteiger partial charge in [0.1, 0.15) is 28.5 Å². The number of esters is 1. The number of carbonyl (C=O) groups excluding carboxylic acids is 2. The second kappa shape index (κ2) is 10.4. The van der Waals surface area contributed by atoms with E-state index in [1.165, 1.54) is 17.8 Å². The Balaban J connectivity index is 1.54. The Hall–Kier alpha value is -4.21. The number of aliphatic carboxylic acids is 1. The van der Waals surface area contributed by atoms with E-state index in [1.807, 2.05) is 24.3 Å². The number of hydrogen-bond acceptors (Lipinski definition) is 7. The van der Waals surface area contributed by atoms with Crippen LogP contribution < -0.4 is 5.32 Å². The number of fused-ring (bicyclic) bond motifs is 1. The topological polar surface area (TPSA) is 144 Å². The Morgan fingerprint density at radius 1 is 1.15 bits per heavy atom. The van der Waals surface area contributed by atoms with Gasteiger partial charge in [0, 0.05) is 18.4 Å². The van der Waals surface area contributed by atoms with Crippen LogP contribution in [-0.2, 0) is 25.5 Å². The van der Waals surface area contributed by atoms with Gasteiger partial charge in [0.05, 0.1) is 6.61 Å². The van der Waals surface area contributed by atoms with Gasteiger partial charge in [0.15, 0.2) is 0 Å². The molecule has 0 saturated heterocycles. The van der Waals surface area contributed by atoms with Gasteiger partial charge in [-0.2, -0.15) is 0 Å². The molecule has 0 spiro atoms. The highest BCUT2D eigenvalue weighted by Gasteiger charge is 2.21. The van der Waals surface area contributed by atoms with E-state index in [2.05, 4.69) is 22.1 Å². The van der Waals surface area contributed by atoms with Crippen LogP contribution in [0.4, 0.5) is 0 Å². The molecule has 3 aromatic rings. The quantitative estimate of drug-likeness (QED) is 0.314. The molecule has 1 atom stereocenters. The van der Waals surface area contributed by atoms with Crippen molar-refractivity contribution in [1.82, 2.24) is 20.3 Å². The van der Waals surface area contributed by atoms with Crippen LogP contribution in [0.2, 0.25) is 0 Å². The van der Waals surface area contributed by atoms with Gasteiger partial charge in [-0.1, -0.05) is 24.8 Å². The van der Waals surface area contributed by atoms with Gasteiger partial charge in [0.25, 0.3) is 0 Å². The summed E-state index contributed by atoms with van der Waals surface area (Å²) >= 11 is 0. The number of nitrogens with zero attached hydrogens (tertiary/aromatic N) is 3. The lowest BCUT2D eigenvalue weighted by atomic mass is 10.1. The highest BCUT2D eigenvalue weighted by Crippen LogP contribution is 2.23. The van der Waals surface area contributed by atoms with Crippen LogP contribution in [0, 0.1) is 0 Å². The van der Waals surface area contributed by atoms with Gasteiger partial charge in [-0.25, -0.2) is 4.79 Å². The molecule has 1 amide bonds. The Morgan fingerprint density at radius 2 is 1.82 bits per heavy atom. The number of amides is 1. The number of aromatic nitrogens is 3. The molecule has 0 fully saturated rings. The van der Waals surface area contributed by atoms with Crippen LogP contribution in [-0.4, -0.2) is 55.7 Å². The first-order valence-corrected chi connectivity index (χ1v) is 10.2. The zero-order valence-corrected chi connectivity index (χ0v) is 18.0. The normalized spacial score (nSPS) is 11.7. The molecule has 1 aromatic heterocycles. The molecule has 0 aliphatic carbocycles. The largest absolute Gasteiger partial charge is 0.506 e. The van der Waals surface area contributed by atoms with Gasteiger partial charge < -0.3 is 20.3 Å². The fraction of sp³-hybridized carbons (Fsp3) is 0.261. The number of hydrogen-bond donors (Lipinski definition) is 3. The standard InChI is InChI=1S/C23H24N4O6/c1-14(2)22(30)24-18(23(31)32)8-10-21(29)33-12-11-15-7-9-20(28)19(13-15)27-25-16-5-3-4-6-17(16)26-27/h3-7,9,13,18,28H,1,8,10-12H2,2H3,(H,24,30)(H,31,32)/t18-/m0/s1. The third-order valence-corrected chi connectivity index (χ3v) is 4.82. The summed E-state index contributed by atoms with van der Waals surface area (Å²) < 4.78 is 5.19. The molecule has 33 heavy (non-hydrogen) atoms. The average molecular weight is 452 g/mol. The molecule has 2 aromatic carbocycles. The van der Waals surface area contributed by atoms with E-state index in [0.29, 0.717) is 23.1 Å². The number of carboxylic acid groups (broad SMARTS) is 1. The molecular formula is C23H24N4O6. The van der Waals surface area contributed by atoms with Gasteiger partial charge in [0.2, 0.25) is 5.91 Å². The fourth-order valence-corrected chi connectivity index (χ4v) is 3.01. The van der Waals surface area contributed by atoms with E-state index in [0.717, 1.165) is 5.56 Å². The molecule has 0 saturated carbocycles. The molecular weight excluding hydrogens is 428 g/mol. The van der Waals surface area contributed by atoms with Crippen LogP contribution in [0.5, 0.6) is 5.75 Å². The predicted octanol–water partition coefficient (Wildman–Crippen LogP) is 2.14. The lowest BCUT2D eigenvalue weighted by Crippen LogP contribution is -2.41. The van der Waals surface area contributed by atoms with Gasteiger partial charge in [-0.3, -0.25) is 9.59 Å². The number of aromatic hydroxyl groups is 1. The maximum atomic E-state index is 12.0. The lowest BCUT2D eigenvalue weighted by Gasteiger charge is -2.14. The molecule has 0 aliphatic rings. The van der Waals surface area contributed by atoms with Crippen molar-refractivity contribution in [3.8, 4) is 11.4 Å². The zero-order valence-electron chi connectivity index (χ0n) is 18.0. The van der Waals surface area contributed by atoms with Crippen molar-refractivity contribution in [2.45, 2.75) is 32.2 Å². The van der Waals surface area contributed by atoms with E-state index in [4.69, 9.17) is 4.74 Å². The van der Waals surface area contributed by atoms with Crippen molar-refractivity contribution in [3.63, 3.8) is 0 Å². The fourth-order valence-electron chi connectivity index (χ4n) is 3.01. The minimum Gasteiger partial charge on any atom is -0.506 e. The van der Waals surface area contributed by atoms with Crippen LogP contribution in [0.1, 0.15) is 25.3 Å². The van der Waals surface area contributed by atoms with Crippen LogP contribution in [0.25, 0.3) is 16.7 Å². The summed E-state index contributed by atoms with van der Waals surface area (Å²) in [5, 5.41) is 30.4. The molecule has 1 heterocycles. The van der Waals surface area contributed by atoms with E-state index < -0.39 is 23.9 Å². The minimum absolute atomic E-state index is 0.00701. The Labute approximate surface area is 189 Å². The van der Waals surface area contributed by atoms with Gasteiger partial charge >= 0.3 is 11.9 Å².